The average molecular weight is 306 g/mol. The first-order valence-electron chi connectivity index (χ1n) is 6.92. The first-order valence-corrected chi connectivity index (χ1v) is 7.73. The van der Waals surface area contributed by atoms with Gasteiger partial charge in [-0.25, -0.2) is 0 Å². The van der Waals surface area contributed by atoms with Crippen molar-refractivity contribution in [2.75, 3.05) is 20.1 Å². The Balaban J connectivity index is 1.89. The topological polar surface area (TPSA) is 15.3 Å². The van der Waals surface area contributed by atoms with Crippen molar-refractivity contribution in [2.45, 2.75) is 39.0 Å². The third-order valence-corrected chi connectivity index (χ3v) is 4.96. The SMILES string of the molecule is CNCc1cc(CN2CCC(C(F)(F)F)CC2)c(C)s1. The Morgan fingerprint density at radius 2 is 2.00 bits per heavy atom. The highest BCUT2D eigenvalue weighted by atomic mass is 32.1. The van der Waals surface area contributed by atoms with Gasteiger partial charge in [-0.3, -0.25) is 4.90 Å². The van der Waals surface area contributed by atoms with Crippen molar-refractivity contribution >= 4 is 11.3 Å². The Kier molecular flexibility index (Phi) is 5.09. The lowest BCUT2D eigenvalue weighted by Gasteiger charge is -2.32. The van der Waals surface area contributed by atoms with Gasteiger partial charge in [0, 0.05) is 22.8 Å². The van der Waals surface area contributed by atoms with Crippen molar-refractivity contribution in [3.8, 4) is 0 Å². The third-order valence-electron chi connectivity index (χ3n) is 3.87. The number of thiophene rings is 1. The zero-order chi connectivity index (χ0) is 14.8. The Labute approximate surface area is 122 Å². The minimum Gasteiger partial charge on any atom is -0.315 e. The molecular weight excluding hydrogens is 285 g/mol. The quantitative estimate of drug-likeness (QED) is 0.915. The number of nitrogens with zero attached hydrogens (tertiary/aromatic N) is 1. The van der Waals surface area contributed by atoms with E-state index in [1.54, 1.807) is 11.3 Å². The number of piperidine rings is 1. The van der Waals surface area contributed by atoms with Crippen molar-refractivity contribution in [2.24, 2.45) is 5.92 Å². The fourth-order valence-corrected chi connectivity index (χ4v) is 3.73. The molecule has 1 saturated heterocycles. The molecule has 20 heavy (non-hydrogen) atoms. The highest BCUT2D eigenvalue weighted by Gasteiger charge is 2.40. The maximum absolute atomic E-state index is 12.6. The van der Waals surface area contributed by atoms with Crippen LogP contribution in [0.15, 0.2) is 6.07 Å². The van der Waals surface area contributed by atoms with Gasteiger partial charge in [0.25, 0.3) is 0 Å². The number of aryl methyl sites for hydroxylation is 1. The third kappa shape index (κ3) is 3.96. The average Bonchev–Trinajstić information content (AvgIpc) is 2.70. The molecule has 1 aliphatic rings. The molecule has 2 rings (SSSR count). The Morgan fingerprint density at radius 3 is 2.55 bits per heavy atom. The van der Waals surface area contributed by atoms with Gasteiger partial charge in [-0.2, -0.15) is 13.2 Å². The molecule has 114 valence electrons. The number of likely N-dealkylation sites (tertiary alicyclic amines) is 1. The van der Waals surface area contributed by atoms with Gasteiger partial charge in [0.1, 0.15) is 0 Å². The van der Waals surface area contributed by atoms with E-state index < -0.39 is 12.1 Å². The number of nitrogens with one attached hydrogen (secondary N) is 1. The zero-order valence-corrected chi connectivity index (χ0v) is 12.7. The molecule has 0 radical (unpaired) electrons. The summed E-state index contributed by atoms with van der Waals surface area (Å²) >= 11 is 1.76. The second kappa shape index (κ2) is 6.45. The van der Waals surface area contributed by atoms with Gasteiger partial charge in [0.15, 0.2) is 0 Å². The summed E-state index contributed by atoms with van der Waals surface area (Å²) in [7, 11) is 1.91. The lowest BCUT2D eigenvalue weighted by molar-refractivity contribution is -0.185. The first kappa shape index (κ1) is 15.8. The van der Waals surface area contributed by atoms with Gasteiger partial charge in [-0.05, 0) is 51.5 Å². The van der Waals surface area contributed by atoms with Crippen LogP contribution in [-0.4, -0.2) is 31.2 Å². The predicted molar refractivity (Wildman–Crippen MR) is 75.9 cm³/mol. The van der Waals surface area contributed by atoms with Crippen molar-refractivity contribution in [3.05, 3.63) is 21.4 Å². The monoisotopic (exact) mass is 306 g/mol. The molecular formula is C14H21F3N2S. The van der Waals surface area contributed by atoms with E-state index in [1.165, 1.54) is 15.3 Å². The maximum Gasteiger partial charge on any atom is 0.391 e. The van der Waals surface area contributed by atoms with E-state index in [2.05, 4.69) is 23.2 Å². The second-order valence-electron chi connectivity index (χ2n) is 5.42. The summed E-state index contributed by atoms with van der Waals surface area (Å²) in [5.74, 6) is -1.11. The van der Waals surface area contributed by atoms with Crippen LogP contribution in [0.2, 0.25) is 0 Å². The lowest BCUT2D eigenvalue weighted by Crippen LogP contribution is -2.38. The first-order chi connectivity index (χ1) is 9.40. The van der Waals surface area contributed by atoms with E-state index >= 15 is 0 Å². The van der Waals surface area contributed by atoms with Crippen LogP contribution < -0.4 is 5.32 Å². The van der Waals surface area contributed by atoms with Crippen molar-refractivity contribution < 1.29 is 13.2 Å². The standard InChI is InChI=1S/C14H21F3N2S/c1-10-11(7-13(20-10)8-18-2)9-19-5-3-12(4-6-19)14(15,16)17/h7,12,18H,3-6,8-9H2,1-2H3. The Bertz CT molecular complexity index is 434. The Hall–Kier alpha value is -0.590. The van der Waals surface area contributed by atoms with Crippen LogP contribution in [0.1, 0.15) is 28.2 Å². The van der Waals surface area contributed by atoms with E-state index in [9.17, 15) is 13.2 Å². The van der Waals surface area contributed by atoms with Crippen LogP contribution in [0.4, 0.5) is 13.2 Å². The number of rotatable bonds is 4. The van der Waals surface area contributed by atoms with E-state index in [4.69, 9.17) is 0 Å². The van der Waals surface area contributed by atoms with Crippen LogP contribution in [0.25, 0.3) is 0 Å². The summed E-state index contributed by atoms with van der Waals surface area (Å²) in [6.07, 6.45) is -3.56. The fraction of sp³-hybridized carbons (Fsp3) is 0.714. The molecule has 0 bridgehead atoms. The summed E-state index contributed by atoms with van der Waals surface area (Å²) in [6.45, 7) is 4.79. The number of alkyl halides is 3. The van der Waals surface area contributed by atoms with Gasteiger partial charge >= 0.3 is 6.18 Å². The molecule has 1 N–H and O–H groups in total. The van der Waals surface area contributed by atoms with E-state index in [1.807, 2.05) is 7.05 Å². The molecule has 6 heteroatoms. The van der Waals surface area contributed by atoms with Gasteiger partial charge in [0.2, 0.25) is 0 Å². The maximum atomic E-state index is 12.6. The number of hydrogen-bond donors (Lipinski definition) is 1. The molecule has 1 aliphatic heterocycles. The van der Waals surface area contributed by atoms with Crippen LogP contribution in [0.5, 0.6) is 0 Å². The number of halogens is 3. The summed E-state index contributed by atoms with van der Waals surface area (Å²) < 4.78 is 37.9. The molecule has 0 unspecified atom stereocenters. The van der Waals surface area contributed by atoms with Crippen molar-refractivity contribution in [3.63, 3.8) is 0 Å². The van der Waals surface area contributed by atoms with E-state index in [-0.39, 0.29) is 12.8 Å². The van der Waals surface area contributed by atoms with E-state index in [0.29, 0.717) is 13.1 Å². The van der Waals surface area contributed by atoms with Crippen molar-refractivity contribution in [1.29, 1.82) is 0 Å². The normalized spacial score (nSPS) is 18.6. The summed E-state index contributed by atoms with van der Waals surface area (Å²) in [4.78, 5) is 4.69. The minimum absolute atomic E-state index is 0.232. The van der Waals surface area contributed by atoms with Crippen LogP contribution in [0, 0.1) is 12.8 Å². The largest absolute Gasteiger partial charge is 0.391 e. The van der Waals surface area contributed by atoms with Crippen LogP contribution in [-0.2, 0) is 13.1 Å². The molecule has 0 saturated carbocycles. The predicted octanol–water partition coefficient (Wildman–Crippen LogP) is 3.55. The Morgan fingerprint density at radius 1 is 1.35 bits per heavy atom. The highest BCUT2D eigenvalue weighted by molar-refractivity contribution is 7.12. The molecule has 2 heterocycles. The van der Waals surface area contributed by atoms with Crippen molar-refractivity contribution in [1.82, 2.24) is 10.2 Å². The second-order valence-corrected chi connectivity index (χ2v) is 6.76. The minimum atomic E-state index is -4.02. The van der Waals surface area contributed by atoms with Gasteiger partial charge in [-0.15, -0.1) is 11.3 Å². The van der Waals surface area contributed by atoms with Gasteiger partial charge in [0.05, 0.1) is 5.92 Å². The van der Waals surface area contributed by atoms with Gasteiger partial charge in [-0.1, -0.05) is 0 Å². The fourth-order valence-electron chi connectivity index (χ4n) is 2.67. The summed E-state index contributed by atoms with van der Waals surface area (Å²) in [6, 6.07) is 2.17. The summed E-state index contributed by atoms with van der Waals surface area (Å²) in [5, 5.41) is 3.12. The zero-order valence-electron chi connectivity index (χ0n) is 11.9. The molecule has 0 aliphatic carbocycles. The lowest BCUT2D eigenvalue weighted by atomic mass is 9.96. The molecule has 0 spiro atoms. The highest BCUT2D eigenvalue weighted by Crippen LogP contribution is 2.34. The smallest absolute Gasteiger partial charge is 0.315 e. The molecule has 1 fully saturated rings. The number of hydrogen-bond acceptors (Lipinski definition) is 3. The molecule has 2 nitrogen and oxygen atoms in total. The van der Waals surface area contributed by atoms with Crippen LogP contribution in [0.3, 0.4) is 0 Å². The summed E-state index contributed by atoms with van der Waals surface area (Å²) in [5.41, 5.74) is 1.26. The molecule has 0 amide bonds. The van der Waals surface area contributed by atoms with Crippen LogP contribution >= 0.6 is 11.3 Å². The van der Waals surface area contributed by atoms with E-state index in [0.717, 1.165) is 13.1 Å². The molecule has 1 aromatic heterocycles. The molecule has 1 aromatic rings. The molecule has 0 aromatic carbocycles. The van der Waals surface area contributed by atoms with Gasteiger partial charge < -0.3 is 5.32 Å². The molecule has 0 atom stereocenters.